The molecule has 98 valence electrons. The smallest absolute Gasteiger partial charge is 0.0572 e. The molecule has 4 heteroatoms. The molecule has 4 nitrogen and oxygen atoms in total. The van der Waals surface area contributed by atoms with E-state index < -0.39 is 0 Å². The van der Waals surface area contributed by atoms with Crippen LogP contribution in [-0.4, -0.2) is 21.3 Å². The first-order valence-corrected chi connectivity index (χ1v) is 6.51. The predicted octanol–water partition coefficient (Wildman–Crippen LogP) is 2.38. The molecule has 0 saturated carbocycles. The third kappa shape index (κ3) is 1.85. The molecule has 3 aromatic rings. The van der Waals surface area contributed by atoms with E-state index in [0.717, 1.165) is 11.9 Å². The van der Waals surface area contributed by atoms with Crippen LogP contribution in [0.4, 0.5) is 0 Å². The Hall–Kier alpha value is -2.07. The second-order valence-electron chi connectivity index (χ2n) is 4.84. The highest BCUT2D eigenvalue weighted by Crippen LogP contribution is 2.33. The number of hydrogen-bond donors (Lipinski definition) is 2. The van der Waals surface area contributed by atoms with Crippen molar-refractivity contribution in [2.24, 2.45) is 12.8 Å². The average Bonchev–Trinajstić information content (AvgIpc) is 2.91. The van der Waals surface area contributed by atoms with Crippen LogP contribution in [0, 0.1) is 6.92 Å². The summed E-state index contributed by atoms with van der Waals surface area (Å²) in [6.07, 6.45) is 2.78. The van der Waals surface area contributed by atoms with Gasteiger partial charge in [0.1, 0.15) is 0 Å². The van der Waals surface area contributed by atoms with E-state index >= 15 is 0 Å². The zero-order chi connectivity index (χ0) is 13.4. The van der Waals surface area contributed by atoms with Gasteiger partial charge in [0.15, 0.2) is 0 Å². The number of para-hydroxylation sites is 1. The largest absolute Gasteiger partial charge is 0.358 e. The van der Waals surface area contributed by atoms with Crippen molar-refractivity contribution in [3.63, 3.8) is 0 Å². The van der Waals surface area contributed by atoms with Crippen molar-refractivity contribution >= 4 is 10.9 Å². The molecule has 0 amide bonds. The van der Waals surface area contributed by atoms with E-state index in [9.17, 15) is 0 Å². The second kappa shape index (κ2) is 4.55. The molecule has 0 spiro atoms. The number of benzene rings is 1. The Kier molecular flexibility index (Phi) is 2.87. The van der Waals surface area contributed by atoms with Crippen molar-refractivity contribution in [2.45, 2.75) is 13.3 Å². The number of aromatic amines is 1. The number of rotatable bonds is 3. The summed E-state index contributed by atoms with van der Waals surface area (Å²) in [5.41, 5.74) is 11.7. The van der Waals surface area contributed by atoms with E-state index in [1.165, 1.54) is 27.9 Å². The Labute approximate surface area is 112 Å². The zero-order valence-electron chi connectivity index (χ0n) is 11.3. The Bertz CT molecular complexity index is 721. The van der Waals surface area contributed by atoms with Crippen molar-refractivity contribution in [1.82, 2.24) is 14.8 Å². The Morgan fingerprint density at radius 3 is 2.89 bits per heavy atom. The van der Waals surface area contributed by atoms with Gasteiger partial charge in [-0.25, -0.2) is 0 Å². The fourth-order valence-corrected chi connectivity index (χ4v) is 2.73. The number of fused-ring (bicyclic) bond motifs is 1. The zero-order valence-corrected chi connectivity index (χ0v) is 11.3. The fraction of sp³-hybridized carbons (Fsp3) is 0.267. The van der Waals surface area contributed by atoms with Crippen LogP contribution in [0.25, 0.3) is 22.0 Å². The van der Waals surface area contributed by atoms with Crippen LogP contribution < -0.4 is 5.73 Å². The minimum Gasteiger partial charge on any atom is -0.358 e. The number of aryl methyl sites for hydroxylation is 2. The lowest BCUT2D eigenvalue weighted by atomic mass is 10.0. The minimum atomic E-state index is 0.633. The average molecular weight is 254 g/mol. The SMILES string of the molecule is Cc1[nH]c2ccccc2c1-c1cnn(C)c1CCN. The van der Waals surface area contributed by atoms with Gasteiger partial charge in [0.25, 0.3) is 0 Å². The second-order valence-corrected chi connectivity index (χ2v) is 4.84. The maximum Gasteiger partial charge on any atom is 0.0572 e. The van der Waals surface area contributed by atoms with Crippen LogP contribution in [0.5, 0.6) is 0 Å². The monoisotopic (exact) mass is 254 g/mol. The lowest BCUT2D eigenvalue weighted by molar-refractivity contribution is 0.707. The molecule has 0 aliphatic heterocycles. The van der Waals surface area contributed by atoms with Gasteiger partial charge in [0.05, 0.1) is 6.20 Å². The van der Waals surface area contributed by atoms with Gasteiger partial charge in [-0.1, -0.05) is 18.2 Å². The van der Waals surface area contributed by atoms with Crippen LogP contribution in [0.15, 0.2) is 30.5 Å². The maximum absolute atomic E-state index is 5.71. The molecule has 2 aromatic heterocycles. The molecule has 0 aliphatic carbocycles. The highest BCUT2D eigenvalue weighted by atomic mass is 15.3. The van der Waals surface area contributed by atoms with E-state index in [-0.39, 0.29) is 0 Å². The first-order chi connectivity index (χ1) is 9.22. The molecule has 1 aromatic carbocycles. The Morgan fingerprint density at radius 1 is 1.32 bits per heavy atom. The third-order valence-electron chi connectivity index (χ3n) is 3.61. The van der Waals surface area contributed by atoms with Crippen molar-refractivity contribution in [3.05, 3.63) is 41.9 Å². The Morgan fingerprint density at radius 2 is 2.11 bits per heavy atom. The fourth-order valence-electron chi connectivity index (χ4n) is 2.73. The van der Waals surface area contributed by atoms with E-state index in [2.05, 4.69) is 35.2 Å². The van der Waals surface area contributed by atoms with Gasteiger partial charge in [0.2, 0.25) is 0 Å². The molecule has 0 bridgehead atoms. The summed E-state index contributed by atoms with van der Waals surface area (Å²) in [6, 6.07) is 8.36. The summed E-state index contributed by atoms with van der Waals surface area (Å²) in [4.78, 5) is 3.44. The van der Waals surface area contributed by atoms with Crippen LogP contribution in [0.1, 0.15) is 11.4 Å². The first kappa shape index (κ1) is 12.0. The molecule has 0 aliphatic rings. The molecular weight excluding hydrogens is 236 g/mol. The lowest BCUT2D eigenvalue weighted by Crippen LogP contribution is -2.08. The molecule has 0 radical (unpaired) electrons. The van der Waals surface area contributed by atoms with Crippen LogP contribution in [0.3, 0.4) is 0 Å². The number of nitrogens with two attached hydrogens (primary N) is 1. The molecule has 2 heterocycles. The number of aromatic nitrogens is 3. The third-order valence-corrected chi connectivity index (χ3v) is 3.61. The number of hydrogen-bond acceptors (Lipinski definition) is 2. The van der Waals surface area contributed by atoms with Gasteiger partial charge in [-0.2, -0.15) is 5.10 Å². The summed E-state index contributed by atoms with van der Waals surface area (Å²) in [5, 5.41) is 5.63. The summed E-state index contributed by atoms with van der Waals surface area (Å²) in [5.74, 6) is 0. The molecule has 0 unspecified atom stereocenters. The minimum absolute atomic E-state index is 0.633. The van der Waals surface area contributed by atoms with Crippen LogP contribution >= 0.6 is 0 Å². The van der Waals surface area contributed by atoms with Crippen molar-refractivity contribution < 1.29 is 0 Å². The standard InChI is InChI=1S/C15H18N4/c1-10-15(11-5-3-4-6-13(11)18-10)12-9-17-19(2)14(12)7-8-16/h3-6,9,18H,7-8,16H2,1-2H3. The quantitative estimate of drug-likeness (QED) is 0.754. The molecular formula is C15H18N4. The van der Waals surface area contributed by atoms with E-state index in [4.69, 9.17) is 5.73 Å². The molecule has 19 heavy (non-hydrogen) atoms. The van der Waals surface area contributed by atoms with Gasteiger partial charge < -0.3 is 10.7 Å². The normalized spacial score (nSPS) is 11.3. The van der Waals surface area contributed by atoms with E-state index in [1.807, 2.05) is 24.0 Å². The van der Waals surface area contributed by atoms with Gasteiger partial charge in [0, 0.05) is 46.9 Å². The number of nitrogens with one attached hydrogen (secondary N) is 1. The van der Waals surface area contributed by atoms with Crippen molar-refractivity contribution in [3.8, 4) is 11.1 Å². The van der Waals surface area contributed by atoms with Crippen molar-refractivity contribution in [2.75, 3.05) is 6.54 Å². The van der Waals surface area contributed by atoms with Gasteiger partial charge in [-0.05, 0) is 19.5 Å². The molecule has 0 saturated heterocycles. The van der Waals surface area contributed by atoms with Gasteiger partial charge >= 0.3 is 0 Å². The summed E-state index contributed by atoms with van der Waals surface area (Å²) in [7, 11) is 1.97. The molecule has 3 rings (SSSR count). The highest BCUT2D eigenvalue weighted by molar-refractivity contribution is 5.97. The van der Waals surface area contributed by atoms with Crippen LogP contribution in [-0.2, 0) is 13.5 Å². The molecule has 3 N–H and O–H groups in total. The summed E-state index contributed by atoms with van der Waals surface area (Å²) in [6.45, 7) is 2.74. The predicted molar refractivity (Wildman–Crippen MR) is 78.0 cm³/mol. The topological polar surface area (TPSA) is 59.6 Å². The van der Waals surface area contributed by atoms with Crippen LogP contribution in [0.2, 0.25) is 0 Å². The van der Waals surface area contributed by atoms with Gasteiger partial charge in [-0.3, -0.25) is 4.68 Å². The molecule has 0 atom stereocenters. The van der Waals surface area contributed by atoms with E-state index in [0.29, 0.717) is 6.54 Å². The number of nitrogens with zero attached hydrogens (tertiary/aromatic N) is 2. The van der Waals surface area contributed by atoms with Gasteiger partial charge in [-0.15, -0.1) is 0 Å². The summed E-state index contributed by atoms with van der Waals surface area (Å²) >= 11 is 0. The molecule has 0 fully saturated rings. The van der Waals surface area contributed by atoms with Crippen molar-refractivity contribution in [1.29, 1.82) is 0 Å². The van der Waals surface area contributed by atoms with E-state index in [1.54, 1.807) is 0 Å². The summed E-state index contributed by atoms with van der Waals surface area (Å²) < 4.78 is 1.92. The first-order valence-electron chi connectivity index (χ1n) is 6.51. The number of H-pyrrole nitrogens is 1. The highest BCUT2D eigenvalue weighted by Gasteiger charge is 2.16. The maximum atomic E-state index is 5.71. The lowest BCUT2D eigenvalue weighted by Gasteiger charge is -2.05. The Balaban J connectivity index is 2.27.